The summed E-state index contributed by atoms with van der Waals surface area (Å²) in [6.45, 7) is 0.0966. The molecule has 1 saturated heterocycles. The van der Waals surface area contributed by atoms with E-state index in [9.17, 15) is 57.9 Å². The summed E-state index contributed by atoms with van der Waals surface area (Å²) in [5.74, 6) is -1.22. The third-order valence-electron chi connectivity index (χ3n) is 7.98. The SMILES string of the molecule is CC(C)(COP(=O)([O-])OP(=O)([O-])OC[C@H]1O[C@@H](n2cnc3c(N)ncnc32)[C@H](O)[C@@H]1OP(=O)([O-])[O-])[C@@H](O)C(=O)NCCC(=O)NCCSC(=O)C1=CCC=CC1. The number of aliphatic hydroxyl groups excluding tert-OH is 2. The van der Waals surface area contributed by atoms with Crippen LogP contribution in [0.1, 0.15) is 39.3 Å². The first-order valence-corrected chi connectivity index (χ1v) is 21.8. The van der Waals surface area contributed by atoms with E-state index in [0.717, 1.165) is 29.0 Å². The highest BCUT2D eigenvalue weighted by Gasteiger charge is 2.47. The molecule has 1 aliphatic heterocycles. The molecule has 1 aliphatic carbocycles. The van der Waals surface area contributed by atoms with Crippen LogP contribution in [0, 0.1) is 5.41 Å². The molecule has 1 fully saturated rings. The summed E-state index contributed by atoms with van der Waals surface area (Å²) < 4.78 is 60.5. The van der Waals surface area contributed by atoms with E-state index in [1.54, 1.807) is 0 Å². The molecule has 2 aromatic heterocycles. The van der Waals surface area contributed by atoms with Gasteiger partial charge in [0.25, 0.3) is 15.6 Å². The van der Waals surface area contributed by atoms with Gasteiger partial charge in [-0.05, 0) is 12.8 Å². The van der Waals surface area contributed by atoms with Crippen molar-refractivity contribution in [2.75, 3.05) is 37.8 Å². The molecule has 0 aromatic carbocycles. The van der Waals surface area contributed by atoms with Gasteiger partial charge in [0.15, 0.2) is 17.7 Å². The van der Waals surface area contributed by atoms with Crippen molar-refractivity contribution in [3.8, 4) is 0 Å². The average molecular weight is 870 g/mol. The Bertz CT molecular complexity index is 1960. The van der Waals surface area contributed by atoms with Gasteiger partial charge in [-0.1, -0.05) is 43.8 Å². The van der Waals surface area contributed by atoms with Crippen molar-refractivity contribution in [1.82, 2.24) is 30.2 Å². The molecule has 24 nitrogen and oxygen atoms in total. The quantitative estimate of drug-likeness (QED) is 0.0518. The Kier molecular flexibility index (Phi) is 15.7. The summed E-state index contributed by atoms with van der Waals surface area (Å²) in [6, 6.07) is 0. The Morgan fingerprint density at radius 2 is 1.80 bits per heavy atom. The van der Waals surface area contributed by atoms with E-state index in [2.05, 4.69) is 43.5 Å². The molecule has 4 rings (SSSR count). The largest absolute Gasteiger partial charge is 0.790 e. The zero-order valence-corrected chi connectivity index (χ0v) is 33.1. The van der Waals surface area contributed by atoms with Gasteiger partial charge in [0.2, 0.25) is 16.9 Å². The lowest BCUT2D eigenvalue weighted by Gasteiger charge is -2.36. The number of aliphatic hydroxyl groups is 2. The van der Waals surface area contributed by atoms with Crippen LogP contribution in [0.15, 0.2) is 36.5 Å². The van der Waals surface area contributed by atoms with Crippen LogP contribution in [-0.4, -0.2) is 103 Å². The van der Waals surface area contributed by atoms with Crippen LogP contribution in [0.25, 0.3) is 11.2 Å². The Balaban J connectivity index is 1.23. The molecule has 0 bridgehead atoms. The molecule has 28 heteroatoms. The van der Waals surface area contributed by atoms with Gasteiger partial charge < -0.3 is 69.0 Å². The van der Waals surface area contributed by atoms with Crippen LogP contribution in [0.3, 0.4) is 0 Å². The van der Waals surface area contributed by atoms with Gasteiger partial charge in [-0.15, -0.1) is 0 Å². The maximum Gasteiger partial charge on any atom is 0.274 e. The number of aromatic nitrogens is 4. The number of thioether (sulfide) groups is 1. The molecule has 6 N–H and O–H groups in total. The van der Waals surface area contributed by atoms with Crippen molar-refractivity contribution < 1.29 is 80.5 Å². The summed E-state index contributed by atoms with van der Waals surface area (Å²) in [5, 5.41) is 26.1. The van der Waals surface area contributed by atoms with Crippen molar-refractivity contribution in [3.63, 3.8) is 0 Å². The summed E-state index contributed by atoms with van der Waals surface area (Å²) >= 11 is 1.06. The predicted octanol–water partition coefficient (Wildman–Crippen LogP) is -2.59. The number of amides is 2. The smallest absolute Gasteiger partial charge is 0.274 e. The van der Waals surface area contributed by atoms with Crippen molar-refractivity contribution in [2.24, 2.45) is 5.41 Å². The second kappa shape index (κ2) is 19.2. The standard InChI is InChI=1S/C28H42N7O17P3S/c1-28(2,22(38)25(39)31-9-8-18(36)30-10-11-56-27(40)16-6-4-3-5-7-16)13-49-55(46,47)52-54(44,45)48-12-17-21(51-53(41,42)43)20(37)26(50-17)35-15-34-19-23(29)32-14-33-24(19)35/h3-4,7,14-15,17,20-22,26,37-38H,5-6,8-13H2,1-2H3,(H,30,36)(H,31,39)(H,44,45)(H,46,47)(H2,29,32,33)(H2,41,42,43)/p-4/t17-,20-,21-,22+,26-/m1/s1. The molecule has 3 heterocycles. The molecular weight excluding hydrogens is 831 g/mol. The normalized spacial score (nSPS) is 22.9. The zero-order valence-electron chi connectivity index (χ0n) is 29.6. The maximum absolute atomic E-state index is 12.5. The van der Waals surface area contributed by atoms with Crippen LogP contribution < -0.4 is 35.9 Å². The number of carbonyl (C=O) groups is 3. The number of nitrogens with two attached hydrogens (primary N) is 1. The molecule has 0 radical (unpaired) electrons. The third kappa shape index (κ3) is 13.0. The Hall–Kier alpha value is -2.96. The number of fused-ring (bicyclic) bond motifs is 1. The van der Waals surface area contributed by atoms with Crippen molar-refractivity contribution in [3.05, 3.63) is 36.5 Å². The fraction of sp³-hybridized carbons (Fsp3) is 0.571. The molecule has 0 spiro atoms. The van der Waals surface area contributed by atoms with E-state index < -0.39 is 84.6 Å². The first-order valence-electron chi connectivity index (χ1n) is 16.4. The topological polar surface area (TPSA) is 375 Å². The summed E-state index contributed by atoms with van der Waals surface area (Å²) in [5.41, 5.74) is 4.76. The van der Waals surface area contributed by atoms with Crippen molar-refractivity contribution in [2.45, 2.75) is 63.8 Å². The molecule has 2 amide bonds. The molecule has 2 aliphatic rings. The molecule has 2 aromatic rings. The average Bonchev–Trinajstić information content (AvgIpc) is 3.68. The second-order valence-electron chi connectivity index (χ2n) is 12.8. The van der Waals surface area contributed by atoms with Gasteiger partial charge >= 0.3 is 0 Å². The van der Waals surface area contributed by atoms with Crippen LogP contribution in [-0.2, 0) is 50.7 Å². The lowest BCUT2D eigenvalue weighted by atomic mass is 9.87. The maximum atomic E-state index is 12.5. The number of hydrogen-bond donors (Lipinski definition) is 5. The second-order valence-corrected chi connectivity index (χ2v) is 17.9. The van der Waals surface area contributed by atoms with Crippen LogP contribution in [0.2, 0.25) is 0 Å². The van der Waals surface area contributed by atoms with Gasteiger partial charge in [-0.2, -0.15) is 0 Å². The highest BCUT2D eigenvalue weighted by molar-refractivity contribution is 8.14. The number of phosphoric acid groups is 3. The van der Waals surface area contributed by atoms with Gasteiger partial charge in [0, 0.05) is 36.3 Å². The molecule has 312 valence electrons. The summed E-state index contributed by atoms with van der Waals surface area (Å²) in [6.07, 6.45) is -0.640. The van der Waals surface area contributed by atoms with Crippen molar-refractivity contribution in [1.29, 1.82) is 0 Å². The lowest BCUT2D eigenvalue weighted by Crippen LogP contribution is -2.46. The fourth-order valence-corrected chi connectivity index (χ4v) is 8.59. The van der Waals surface area contributed by atoms with E-state index in [0.29, 0.717) is 24.2 Å². The molecule has 56 heavy (non-hydrogen) atoms. The number of nitrogen functional groups attached to an aromatic ring is 1. The van der Waals surface area contributed by atoms with E-state index in [1.807, 2.05) is 18.2 Å². The number of nitrogens with zero attached hydrogens (tertiary/aromatic N) is 4. The minimum Gasteiger partial charge on any atom is -0.790 e. The Labute approximate surface area is 322 Å². The molecular formula is C28H38N7O17P3S-4. The highest BCUT2D eigenvalue weighted by Crippen LogP contribution is 2.56. The van der Waals surface area contributed by atoms with E-state index in [4.69, 9.17) is 10.5 Å². The van der Waals surface area contributed by atoms with Crippen molar-refractivity contribution >= 4 is 69.1 Å². The highest BCUT2D eigenvalue weighted by atomic mass is 32.2. The molecule has 2 unspecified atom stereocenters. The number of nitrogens with one attached hydrogen (secondary N) is 2. The minimum atomic E-state index is -5.91. The Morgan fingerprint density at radius 3 is 2.48 bits per heavy atom. The van der Waals surface area contributed by atoms with Gasteiger partial charge in [0.1, 0.15) is 36.3 Å². The molecule has 7 atom stereocenters. The van der Waals surface area contributed by atoms with Crippen LogP contribution in [0.4, 0.5) is 5.82 Å². The number of ether oxygens (including phenoxy) is 1. The van der Waals surface area contributed by atoms with E-state index in [-0.39, 0.29) is 41.6 Å². The van der Waals surface area contributed by atoms with E-state index in [1.165, 1.54) is 13.8 Å². The third-order valence-corrected chi connectivity index (χ3v) is 11.9. The van der Waals surface area contributed by atoms with Gasteiger partial charge in [-0.25, -0.2) is 19.3 Å². The number of anilines is 1. The number of carbonyl (C=O) groups excluding carboxylic acids is 3. The fourth-order valence-electron chi connectivity index (χ4n) is 5.11. The van der Waals surface area contributed by atoms with Gasteiger partial charge in [0.05, 0.1) is 27.4 Å². The number of phosphoric ester groups is 3. The van der Waals surface area contributed by atoms with E-state index >= 15 is 0 Å². The first-order chi connectivity index (χ1) is 26.1. The Morgan fingerprint density at radius 1 is 1.09 bits per heavy atom. The monoisotopic (exact) mass is 869 g/mol. The molecule has 0 saturated carbocycles. The lowest BCUT2D eigenvalue weighted by molar-refractivity contribution is -0.347. The number of allylic oxidation sites excluding steroid dienone is 3. The summed E-state index contributed by atoms with van der Waals surface area (Å²) in [4.78, 5) is 96.2. The first kappa shape index (κ1) is 45.7. The minimum absolute atomic E-state index is 0.0212. The van der Waals surface area contributed by atoms with Crippen LogP contribution in [0.5, 0.6) is 0 Å². The number of imidazole rings is 1. The van der Waals surface area contributed by atoms with Gasteiger partial charge in [-0.3, -0.25) is 28.1 Å². The number of hydrogen-bond acceptors (Lipinski definition) is 22. The zero-order chi connectivity index (χ0) is 41.5. The predicted molar refractivity (Wildman–Crippen MR) is 185 cm³/mol. The van der Waals surface area contributed by atoms with Crippen LogP contribution >= 0.6 is 35.2 Å². The summed E-state index contributed by atoms with van der Waals surface area (Å²) in [7, 11) is -17.6. The number of rotatable bonds is 20.